The molecule has 0 rings (SSSR count). The zero-order valence-corrected chi connectivity index (χ0v) is 8.38. The van der Waals surface area contributed by atoms with Crippen LogP contribution < -0.4 is 11.1 Å². The van der Waals surface area contributed by atoms with E-state index in [1.807, 2.05) is 4.90 Å². The number of carbonyl (C=O) groups excluding carboxylic acids is 1. The first-order valence-corrected chi connectivity index (χ1v) is 4.36. The van der Waals surface area contributed by atoms with Crippen molar-refractivity contribution in [3.05, 3.63) is 0 Å². The molecule has 0 spiro atoms. The third-order valence-electron chi connectivity index (χ3n) is 1.70. The van der Waals surface area contributed by atoms with E-state index < -0.39 is 0 Å². The molecule has 0 aliphatic heterocycles. The SMILES string of the molecule is CNC(=O)CN(CCN)CCOC. The van der Waals surface area contributed by atoms with Gasteiger partial charge in [-0.15, -0.1) is 0 Å². The summed E-state index contributed by atoms with van der Waals surface area (Å²) in [6.07, 6.45) is 0. The van der Waals surface area contributed by atoms with Gasteiger partial charge in [0.1, 0.15) is 0 Å². The fourth-order valence-electron chi connectivity index (χ4n) is 0.955. The second-order valence-corrected chi connectivity index (χ2v) is 2.73. The maximum atomic E-state index is 11.0. The Kier molecular flexibility index (Phi) is 7.57. The zero-order valence-electron chi connectivity index (χ0n) is 8.38. The van der Waals surface area contributed by atoms with Crippen LogP contribution in [0, 0.1) is 0 Å². The van der Waals surface area contributed by atoms with Gasteiger partial charge in [-0.1, -0.05) is 0 Å². The minimum absolute atomic E-state index is 0.00422. The second kappa shape index (κ2) is 7.97. The number of nitrogens with two attached hydrogens (primary N) is 1. The van der Waals surface area contributed by atoms with Gasteiger partial charge in [-0.25, -0.2) is 0 Å². The number of nitrogens with one attached hydrogen (secondary N) is 1. The van der Waals surface area contributed by atoms with Gasteiger partial charge in [0.05, 0.1) is 13.2 Å². The molecule has 13 heavy (non-hydrogen) atoms. The summed E-state index contributed by atoms with van der Waals surface area (Å²) < 4.78 is 4.92. The summed E-state index contributed by atoms with van der Waals surface area (Å²) in [5, 5.41) is 2.57. The number of nitrogens with zero attached hydrogens (tertiary/aromatic N) is 1. The van der Waals surface area contributed by atoms with Crippen LogP contribution in [0.3, 0.4) is 0 Å². The van der Waals surface area contributed by atoms with Crippen LogP contribution >= 0.6 is 0 Å². The number of amides is 1. The molecule has 0 bridgehead atoms. The Morgan fingerprint density at radius 3 is 2.69 bits per heavy atom. The van der Waals surface area contributed by atoms with Gasteiger partial charge in [-0.2, -0.15) is 0 Å². The first kappa shape index (κ1) is 12.3. The largest absolute Gasteiger partial charge is 0.383 e. The summed E-state index contributed by atoms with van der Waals surface area (Å²) >= 11 is 0. The Morgan fingerprint density at radius 1 is 1.54 bits per heavy atom. The summed E-state index contributed by atoms with van der Waals surface area (Å²) in [6.45, 7) is 3.02. The van der Waals surface area contributed by atoms with Crippen molar-refractivity contribution in [3.63, 3.8) is 0 Å². The van der Waals surface area contributed by atoms with E-state index in [1.165, 1.54) is 0 Å². The Hall–Kier alpha value is -0.650. The van der Waals surface area contributed by atoms with Crippen molar-refractivity contribution in [2.45, 2.75) is 0 Å². The molecule has 78 valence electrons. The molecule has 0 saturated carbocycles. The summed E-state index contributed by atoms with van der Waals surface area (Å²) in [6, 6.07) is 0. The smallest absolute Gasteiger partial charge is 0.233 e. The van der Waals surface area contributed by atoms with Gasteiger partial charge in [0.15, 0.2) is 0 Å². The van der Waals surface area contributed by atoms with E-state index in [1.54, 1.807) is 14.2 Å². The molecule has 0 heterocycles. The van der Waals surface area contributed by atoms with Crippen molar-refractivity contribution in [3.8, 4) is 0 Å². The first-order valence-electron chi connectivity index (χ1n) is 4.36. The van der Waals surface area contributed by atoms with E-state index >= 15 is 0 Å². The van der Waals surface area contributed by atoms with Crippen LogP contribution in [0.2, 0.25) is 0 Å². The highest BCUT2D eigenvalue weighted by molar-refractivity contribution is 5.77. The summed E-state index contributed by atoms with van der Waals surface area (Å²) in [5.74, 6) is 0.00422. The molecule has 5 heteroatoms. The molecule has 0 unspecified atom stereocenters. The maximum absolute atomic E-state index is 11.0. The lowest BCUT2D eigenvalue weighted by molar-refractivity contribution is -0.121. The van der Waals surface area contributed by atoms with E-state index in [9.17, 15) is 4.79 Å². The van der Waals surface area contributed by atoms with Gasteiger partial charge in [0.25, 0.3) is 0 Å². The van der Waals surface area contributed by atoms with Gasteiger partial charge < -0.3 is 15.8 Å². The molecule has 3 N–H and O–H groups in total. The summed E-state index contributed by atoms with van der Waals surface area (Å²) in [4.78, 5) is 13.0. The Bertz CT molecular complexity index is 141. The molecular formula is C8H19N3O2. The molecule has 5 nitrogen and oxygen atoms in total. The van der Waals surface area contributed by atoms with Crippen molar-refractivity contribution >= 4 is 5.91 Å². The van der Waals surface area contributed by atoms with E-state index in [4.69, 9.17) is 10.5 Å². The highest BCUT2D eigenvalue weighted by Gasteiger charge is 2.07. The molecule has 0 radical (unpaired) electrons. The summed E-state index contributed by atoms with van der Waals surface area (Å²) in [7, 11) is 3.26. The minimum Gasteiger partial charge on any atom is -0.383 e. The predicted octanol–water partition coefficient (Wildman–Crippen LogP) is -1.36. The van der Waals surface area contributed by atoms with Crippen LogP contribution in [0.5, 0.6) is 0 Å². The van der Waals surface area contributed by atoms with Gasteiger partial charge in [0.2, 0.25) is 5.91 Å². The van der Waals surface area contributed by atoms with E-state index in [2.05, 4.69) is 5.32 Å². The quantitative estimate of drug-likeness (QED) is 0.519. The van der Waals surface area contributed by atoms with Crippen molar-refractivity contribution in [1.29, 1.82) is 0 Å². The molecule has 0 aromatic heterocycles. The third-order valence-corrected chi connectivity index (χ3v) is 1.70. The molecule has 0 aromatic rings. The predicted molar refractivity (Wildman–Crippen MR) is 51.4 cm³/mol. The Labute approximate surface area is 79.2 Å². The number of likely N-dealkylation sites (N-methyl/N-ethyl adjacent to an activating group) is 1. The number of methoxy groups -OCH3 is 1. The fraction of sp³-hybridized carbons (Fsp3) is 0.875. The van der Waals surface area contributed by atoms with Crippen molar-refractivity contribution < 1.29 is 9.53 Å². The second-order valence-electron chi connectivity index (χ2n) is 2.73. The van der Waals surface area contributed by atoms with Crippen molar-refractivity contribution in [2.24, 2.45) is 5.73 Å². The van der Waals surface area contributed by atoms with Gasteiger partial charge in [-0.3, -0.25) is 9.69 Å². The van der Waals surface area contributed by atoms with E-state index in [0.29, 0.717) is 19.7 Å². The zero-order chi connectivity index (χ0) is 10.1. The topological polar surface area (TPSA) is 67.6 Å². The maximum Gasteiger partial charge on any atom is 0.233 e. The number of hydrogen-bond donors (Lipinski definition) is 2. The third kappa shape index (κ3) is 6.51. The highest BCUT2D eigenvalue weighted by atomic mass is 16.5. The molecule has 0 aliphatic rings. The van der Waals surface area contributed by atoms with Crippen molar-refractivity contribution in [2.75, 3.05) is 46.9 Å². The summed E-state index contributed by atoms with van der Waals surface area (Å²) in [5.41, 5.74) is 5.40. The monoisotopic (exact) mass is 189 g/mol. The molecule has 0 aromatic carbocycles. The molecule has 0 atom stereocenters. The number of carbonyl (C=O) groups is 1. The number of rotatable bonds is 7. The molecule has 0 fully saturated rings. The van der Waals surface area contributed by atoms with Gasteiger partial charge in [-0.05, 0) is 0 Å². The average Bonchev–Trinajstić information content (AvgIpc) is 2.14. The molecule has 1 amide bonds. The van der Waals surface area contributed by atoms with Crippen LogP contribution in [0.25, 0.3) is 0 Å². The van der Waals surface area contributed by atoms with Crippen LogP contribution in [0.15, 0.2) is 0 Å². The molecule has 0 saturated heterocycles. The first-order chi connectivity index (χ1) is 6.24. The van der Waals surface area contributed by atoms with Crippen LogP contribution in [0.1, 0.15) is 0 Å². The lowest BCUT2D eigenvalue weighted by Crippen LogP contribution is -2.40. The fourth-order valence-corrected chi connectivity index (χ4v) is 0.955. The van der Waals surface area contributed by atoms with Crippen LogP contribution in [-0.4, -0.2) is 57.8 Å². The van der Waals surface area contributed by atoms with Crippen molar-refractivity contribution in [1.82, 2.24) is 10.2 Å². The highest BCUT2D eigenvalue weighted by Crippen LogP contribution is 1.86. The van der Waals surface area contributed by atoms with Gasteiger partial charge in [0, 0.05) is 33.8 Å². The normalized spacial score (nSPS) is 10.5. The van der Waals surface area contributed by atoms with Gasteiger partial charge >= 0.3 is 0 Å². The minimum atomic E-state index is 0.00422. The lowest BCUT2D eigenvalue weighted by atomic mass is 10.4. The Morgan fingerprint density at radius 2 is 2.23 bits per heavy atom. The Balaban J connectivity index is 3.71. The molecule has 0 aliphatic carbocycles. The average molecular weight is 189 g/mol. The van der Waals surface area contributed by atoms with Crippen LogP contribution in [-0.2, 0) is 9.53 Å². The number of hydrogen-bond acceptors (Lipinski definition) is 4. The standard InChI is InChI=1S/C8H19N3O2/c1-10-8(12)7-11(4-3-9)5-6-13-2/h3-7,9H2,1-2H3,(H,10,12). The number of ether oxygens (including phenoxy) is 1. The molecular weight excluding hydrogens is 170 g/mol. The van der Waals surface area contributed by atoms with E-state index in [0.717, 1.165) is 13.1 Å². The van der Waals surface area contributed by atoms with Crippen LogP contribution in [0.4, 0.5) is 0 Å². The lowest BCUT2D eigenvalue weighted by Gasteiger charge is -2.19. The van der Waals surface area contributed by atoms with E-state index in [-0.39, 0.29) is 5.91 Å².